The van der Waals surface area contributed by atoms with Crippen LogP contribution in [0.3, 0.4) is 0 Å². The van der Waals surface area contributed by atoms with Gasteiger partial charge in [0.15, 0.2) is 140 Å². The highest BCUT2D eigenvalue weighted by molar-refractivity contribution is 7.23. The molecule has 0 aliphatic heterocycles. The average Bonchev–Trinajstić information content (AvgIpc) is 0.667. The molecule has 0 heterocycles. The van der Waals surface area contributed by atoms with Gasteiger partial charge in [-0.2, -0.15) is 17.7 Å². The van der Waals surface area contributed by atoms with Crippen LogP contribution < -0.4 is 23.0 Å². The average molecular weight is 1250 g/mol. The lowest BCUT2D eigenvalue weighted by atomic mass is 10.1. The van der Waals surface area contributed by atoms with Crippen molar-refractivity contribution in [2.75, 3.05) is 13.6 Å². The van der Waals surface area contributed by atoms with Crippen LogP contribution >= 0.6 is 0 Å². The number of benzene rings is 10. The summed E-state index contributed by atoms with van der Waals surface area (Å²) in [6.07, 6.45) is 0. The van der Waals surface area contributed by atoms with E-state index in [1.807, 2.05) is 12.1 Å². The SMILES string of the molecule is CC[NH2+]C.Fc1c(F)c(F)c2[c]([Al-]([c]3c(F)c(F)c(F)c4c(F)c(F)c(F)c(F)c34)([c]3c(F)c(F)c(F)c4c(F)c(F)c(F)c(F)c34)[c]3c(F)c(F)c(F)c4c(F)c(F)c(F)c(F)c34)c(F)c(F)c(F)c2c1F.c1ccc(-c2ccccc2)cc1. The lowest BCUT2D eigenvalue weighted by Crippen LogP contribution is -2.79. The molecule has 0 amide bonds. The highest BCUT2D eigenvalue weighted by Crippen LogP contribution is 2.42. The molecule has 0 bridgehead atoms. The molecule has 10 rings (SSSR count). The highest BCUT2D eigenvalue weighted by Gasteiger charge is 2.55. The Bertz CT molecular complexity index is 3920. The molecule has 2 N–H and O–H groups in total. The first-order chi connectivity index (χ1) is 39.9. The summed E-state index contributed by atoms with van der Waals surface area (Å²) >= 11 is -10.2. The van der Waals surface area contributed by atoms with Gasteiger partial charge in [0, 0.05) is 0 Å². The van der Waals surface area contributed by atoms with Crippen molar-refractivity contribution in [1.82, 2.24) is 0 Å². The topological polar surface area (TPSA) is 16.6 Å². The molecule has 30 heteroatoms. The van der Waals surface area contributed by atoms with E-state index in [9.17, 15) is 17.6 Å². The number of halogens is 28. The first-order valence-corrected chi connectivity index (χ1v) is 25.5. The van der Waals surface area contributed by atoms with E-state index in [1.165, 1.54) is 17.7 Å². The highest BCUT2D eigenvalue weighted by atomic mass is 27.2. The molecule has 10 aromatic rings. The van der Waals surface area contributed by atoms with Gasteiger partial charge in [-0.1, -0.05) is 60.7 Å². The largest absolute Gasteiger partial charge is 0.349 e. The molecule has 0 saturated heterocycles. The third-order valence-corrected chi connectivity index (χ3v) is 19.2. The predicted molar refractivity (Wildman–Crippen MR) is 249 cm³/mol. The van der Waals surface area contributed by atoms with E-state index in [0.29, 0.717) is 0 Å². The summed E-state index contributed by atoms with van der Waals surface area (Å²) in [5.41, 5.74) is 2.55. The normalized spacial score (nSPS) is 11.7. The number of hydrogen-bond acceptors (Lipinski definition) is 0. The van der Waals surface area contributed by atoms with Crippen molar-refractivity contribution in [3.05, 3.63) is 224 Å². The van der Waals surface area contributed by atoms with Gasteiger partial charge in [-0.3, -0.25) is 0 Å². The molecule has 0 fully saturated rings. The number of hydrogen-bond donors (Lipinski definition) is 1. The van der Waals surface area contributed by atoms with Gasteiger partial charge >= 0.3 is 0 Å². The van der Waals surface area contributed by atoms with E-state index in [2.05, 4.69) is 67.8 Å². The summed E-state index contributed by atoms with van der Waals surface area (Å²) in [5.74, 6) is -104. The van der Waals surface area contributed by atoms with Crippen molar-refractivity contribution >= 4 is 73.9 Å². The Hall–Kier alpha value is -8.23. The fourth-order valence-electron chi connectivity index (χ4n) is 9.85. The Morgan fingerprint density at radius 1 is 0.224 bits per heavy atom. The van der Waals surface area contributed by atoms with Crippen LogP contribution in [0.2, 0.25) is 0 Å². The van der Waals surface area contributed by atoms with Gasteiger partial charge in [0.2, 0.25) is 0 Å². The van der Waals surface area contributed by atoms with Crippen LogP contribution in [0.1, 0.15) is 6.92 Å². The second-order valence-electron chi connectivity index (χ2n) is 17.9. The van der Waals surface area contributed by atoms with Gasteiger partial charge in [0.25, 0.3) is 13.1 Å². The second kappa shape index (κ2) is 23.0. The molecule has 0 aliphatic rings. The van der Waals surface area contributed by atoms with Crippen molar-refractivity contribution in [3.63, 3.8) is 0 Å². The molecule has 85 heavy (non-hydrogen) atoms. The van der Waals surface area contributed by atoms with E-state index >= 15 is 105 Å². The minimum Gasteiger partial charge on any atom is -0.349 e. The zero-order valence-corrected chi connectivity index (χ0v) is 42.4. The molecule has 0 unspecified atom stereocenters. The molecule has 0 atom stereocenters. The Balaban J connectivity index is 0.000000508. The van der Waals surface area contributed by atoms with Crippen molar-refractivity contribution in [1.29, 1.82) is 0 Å². The third-order valence-electron chi connectivity index (χ3n) is 13.5. The molecule has 0 aliphatic carbocycles. The molecule has 1 nitrogen and oxygen atoms in total. The van der Waals surface area contributed by atoms with Gasteiger partial charge in [-0.15, -0.1) is 0 Å². The summed E-state index contributed by atoms with van der Waals surface area (Å²) in [7, 11) is 2.06. The van der Waals surface area contributed by atoms with E-state index in [0.717, 1.165) is 0 Å². The van der Waals surface area contributed by atoms with Crippen molar-refractivity contribution in [3.8, 4) is 11.1 Å². The van der Waals surface area contributed by atoms with Crippen LogP contribution in [0.25, 0.3) is 54.2 Å². The standard InChI is InChI=1S/C12H10.4C10F7.C3H9N.Al/c1-3-7-11(8-4-1)12-9-5-2-6-10-12;4*11-3-1-2-4(7(14)6(3)13)8(15)10(17)9(16)5(2)12;1-3-4-2;/h1-10H;;;;;4H,3H2,1-2H3;/q;;;;;;-1/p+1. The van der Waals surface area contributed by atoms with Crippen molar-refractivity contribution in [2.45, 2.75) is 6.92 Å². The number of quaternary nitrogens is 1. The lowest BCUT2D eigenvalue weighted by Gasteiger charge is -2.44. The van der Waals surface area contributed by atoms with Gasteiger partial charge in [0.05, 0.1) is 35.1 Å². The van der Waals surface area contributed by atoms with E-state index in [-0.39, 0.29) is 0 Å². The second-order valence-corrected chi connectivity index (χ2v) is 21.9. The van der Waals surface area contributed by atoms with Crippen LogP contribution in [0.5, 0.6) is 0 Å². The molecule has 0 radical (unpaired) electrons. The maximum absolute atomic E-state index is 17.3. The van der Waals surface area contributed by atoms with Gasteiger partial charge in [-0.25, -0.2) is 123 Å². The predicted octanol–water partition coefficient (Wildman–Crippen LogP) is 14.1. The number of fused-ring (bicyclic) bond motifs is 4. The van der Waals surface area contributed by atoms with Gasteiger partial charge < -0.3 is 5.32 Å². The fraction of sp³-hybridized carbons (Fsp3) is 0.0545. The maximum atomic E-state index is 17.3. The Morgan fingerprint density at radius 2 is 0.365 bits per heavy atom. The summed E-state index contributed by atoms with van der Waals surface area (Å²) in [5, 5.41) is -24.6. The number of nitrogens with two attached hydrogens (primary N) is 1. The molecular formula is C55H20AlF28N. The molecule has 0 spiro atoms. The third kappa shape index (κ3) is 9.11. The van der Waals surface area contributed by atoms with E-state index in [1.54, 1.807) is 0 Å². The Kier molecular flexibility index (Phi) is 17.0. The van der Waals surface area contributed by atoms with Crippen LogP contribution in [0.4, 0.5) is 123 Å². The first kappa shape index (κ1) is 62.8. The van der Waals surface area contributed by atoms with Gasteiger partial charge in [-0.05, 0) is 39.6 Å². The zero-order chi connectivity index (χ0) is 63.2. The van der Waals surface area contributed by atoms with Crippen LogP contribution in [-0.4, -0.2) is 26.7 Å². The summed E-state index contributed by atoms with van der Waals surface area (Å²) in [6.45, 7) is 3.32. The quantitative estimate of drug-likeness (QED) is 0.0740. The van der Waals surface area contributed by atoms with Crippen LogP contribution in [0, 0.1) is 163 Å². The Labute approximate surface area is 456 Å². The molecular weight excluding hydrogens is 1230 g/mol. The Morgan fingerprint density at radius 3 is 0.518 bits per heavy atom. The number of rotatable bonds is 6. The summed E-state index contributed by atoms with van der Waals surface area (Å²) in [6, 6.07) is 20.8. The summed E-state index contributed by atoms with van der Waals surface area (Å²) in [4.78, 5) is 0. The van der Waals surface area contributed by atoms with Crippen LogP contribution in [-0.2, 0) is 0 Å². The first-order valence-electron chi connectivity index (χ1n) is 23.2. The minimum atomic E-state index is -10.2. The molecule has 0 aromatic heterocycles. The fourth-order valence-corrected chi connectivity index (χ4v) is 16.4. The molecule has 0 saturated carbocycles. The zero-order valence-electron chi connectivity index (χ0n) is 41.2. The van der Waals surface area contributed by atoms with Gasteiger partial charge in [0.1, 0.15) is 23.3 Å². The maximum Gasteiger partial charge on any atom is 0.286 e. The van der Waals surface area contributed by atoms with Crippen LogP contribution in [0.15, 0.2) is 60.7 Å². The lowest BCUT2D eigenvalue weighted by molar-refractivity contribution is -0.623. The molecule has 444 valence electrons. The van der Waals surface area contributed by atoms with Crippen molar-refractivity contribution in [2.24, 2.45) is 0 Å². The summed E-state index contributed by atoms with van der Waals surface area (Å²) < 4.78 is 432. The minimum absolute atomic E-state index is 1.19. The van der Waals surface area contributed by atoms with E-state index < -0.39 is 237 Å². The smallest absolute Gasteiger partial charge is 0.286 e. The monoisotopic (exact) mass is 1250 g/mol. The molecule has 10 aromatic carbocycles. The van der Waals surface area contributed by atoms with Crippen molar-refractivity contribution < 1.29 is 128 Å². The van der Waals surface area contributed by atoms with E-state index in [4.69, 9.17) is 0 Å².